The first-order chi connectivity index (χ1) is 18.2. The predicted octanol–water partition coefficient (Wildman–Crippen LogP) is 4.77. The van der Waals surface area contributed by atoms with E-state index in [0.29, 0.717) is 10.7 Å². The van der Waals surface area contributed by atoms with Gasteiger partial charge in [0.25, 0.3) is 10.0 Å². The van der Waals surface area contributed by atoms with Crippen LogP contribution in [0.2, 0.25) is 5.02 Å². The molecule has 1 fully saturated rings. The standard InChI is InChI=1S/C24H24ClF3N6O4S/c1-14(2)19(35)34-39(36,37)18-9-7-17(8-10-18)29-20-30-21(32-22(31-20)38-13-24(26,27)28)33-23(11-12-23)15-3-5-16(25)6-4-15/h3-10,14H,11-13H2,1-2H3,(H,34,35)(H2,29,30,31,32,33). The molecule has 15 heteroatoms. The molecule has 1 amide bonds. The summed E-state index contributed by atoms with van der Waals surface area (Å²) in [6.07, 6.45) is -3.16. The number of benzene rings is 2. The Morgan fingerprint density at radius 2 is 1.64 bits per heavy atom. The number of sulfonamides is 1. The van der Waals surface area contributed by atoms with E-state index in [-0.39, 0.29) is 16.8 Å². The number of amides is 1. The van der Waals surface area contributed by atoms with Gasteiger partial charge in [-0.15, -0.1) is 0 Å². The van der Waals surface area contributed by atoms with Gasteiger partial charge in [0.15, 0.2) is 6.61 Å². The highest BCUT2D eigenvalue weighted by molar-refractivity contribution is 7.90. The molecule has 10 nitrogen and oxygen atoms in total. The molecule has 1 aliphatic carbocycles. The number of halogens is 4. The van der Waals surface area contributed by atoms with Gasteiger partial charge < -0.3 is 15.4 Å². The maximum absolute atomic E-state index is 12.8. The van der Waals surface area contributed by atoms with Crippen molar-refractivity contribution >= 4 is 45.1 Å². The molecule has 39 heavy (non-hydrogen) atoms. The molecule has 0 aliphatic heterocycles. The third kappa shape index (κ3) is 7.47. The van der Waals surface area contributed by atoms with E-state index in [9.17, 15) is 26.4 Å². The maximum Gasteiger partial charge on any atom is 0.422 e. The number of anilines is 3. The Morgan fingerprint density at radius 1 is 1.03 bits per heavy atom. The van der Waals surface area contributed by atoms with Crippen LogP contribution in [0, 0.1) is 5.92 Å². The van der Waals surface area contributed by atoms with Crippen LogP contribution in [0.1, 0.15) is 32.3 Å². The summed E-state index contributed by atoms with van der Waals surface area (Å²) in [7, 11) is -4.08. The second kappa shape index (κ2) is 10.8. The van der Waals surface area contributed by atoms with Gasteiger partial charge in [0.2, 0.25) is 17.8 Å². The van der Waals surface area contributed by atoms with Gasteiger partial charge in [0.05, 0.1) is 10.4 Å². The number of hydrogen-bond acceptors (Lipinski definition) is 9. The van der Waals surface area contributed by atoms with Crippen LogP contribution in [0.3, 0.4) is 0 Å². The van der Waals surface area contributed by atoms with E-state index in [0.717, 1.165) is 18.4 Å². The molecule has 1 aliphatic rings. The maximum atomic E-state index is 12.8. The molecule has 1 aromatic heterocycles. The zero-order valence-corrected chi connectivity index (χ0v) is 22.3. The van der Waals surface area contributed by atoms with Crippen LogP contribution in [-0.2, 0) is 20.4 Å². The van der Waals surface area contributed by atoms with Crippen molar-refractivity contribution in [1.29, 1.82) is 0 Å². The molecular weight excluding hydrogens is 561 g/mol. The van der Waals surface area contributed by atoms with Crippen molar-refractivity contribution in [3.05, 3.63) is 59.1 Å². The Balaban J connectivity index is 1.57. The lowest BCUT2D eigenvalue weighted by Gasteiger charge is -2.19. The minimum absolute atomic E-state index is 0.0206. The minimum atomic E-state index is -4.61. The summed E-state index contributed by atoms with van der Waals surface area (Å²) in [5.74, 6) is -1.34. The summed E-state index contributed by atoms with van der Waals surface area (Å²) >= 11 is 5.98. The first-order valence-corrected chi connectivity index (χ1v) is 13.5. The molecule has 0 radical (unpaired) electrons. The molecule has 4 rings (SSSR count). The van der Waals surface area contributed by atoms with Gasteiger partial charge in [-0.1, -0.05) is 37.6 Å². The molecule has 3 aromatic rings. The molecular formula is C24H24ClF3N6O4S. The fraction of sp³-hybridized carbons (Fsp3) is 0.333. The molecule has 0 bridgehead atoms. The highest BCUT2D eigenvalue weighted by Crippen LogP contribution is 2.48. The highest BCUT2D eigenvalue weighted by Gasteiger charge is 2.45. The first kappa shape index (κ1) is 28.4. The molecule has 3 N–H and O–H groups in total. The number of carbonyl (C=O) groups is 1. The lowest BCUT2D eigenvalue weighted by Crippen LogP contribution is -2.33. The van der Waals surface area contributed by atoms with E-state index in [1.165, 1.54) is 24.3 Å². The molecule has 1 heterocycles. The van der Waals surface area contributed by atoms with E-state index in [2.05, 4.69) is 25.6 Å². The van der Waals surface area contributed by atoms with Crippen LogP contribution >= 0.6 is 11.6 Å². The number of nitrogens with one attached hydrogen (secondary N) is 3. The van der Waals surface area contributed by atoms with Crippen LogP contribution < -0.4 is 20.1 Å². The summed E-state index contributed by atoms with van der Waals surface area (Å²) in [4.78, 5) is 23.8. The third-order valence-corrected chi connectivity index (χ3v) is 7.27. The van der Waals surface area contributed by atoms with Gasteiger partial charge in [-0.2, -0.15) is 28.1 Å². The Kier molecular flexibility index (Phi) is 7.89. The number of alkyl halides is 3. The Labute approximate surface area is 227 Å². The Hall–Kier alpha value is -3.65. The van der Waals surface area contributed by atoms with Crippen molar-refractivity contribution in [3.8, 4) is 6.01 Å². The van der Waals surface area contributed by atoms with Gasteiger partial charge in [-0.05, 0) is 54.8 Å². The lowest BCUT2D eigenvalue weighted by atomic mass is 10.1. The van der Waals surface area contributed by atoms with E-state index in [1.807, 2.05) is 16.9 Å². The minimum Gasteiger partial charge on any atom is -0.454 e. The van der Waals surface area contributed by atoms with Crippen molar-refractivity contribution < 1.29 is 31.1 Å². The van der Waals surface area contributed by atoms with Gasteiger partial charge in [-0.25, -0.2) is 13.1 Å². The van der Waals surface area contributed by atoms with Gasteiger partial charge >= 0.3 is 12.2 Å². The van der Waals surface area contributed by atoms with E-state index >= 15 is 0 Å². The average molecular weight is 585 g/mol. The quantitative estimate of drug-likeness (QED) is 0.308. The zero-order valence-electron chi connectivity index (χ0n) is 20.7. The van der Waals surface area contributed by atoms with Gasteiger partial charge in [0.1, 0.15) is 0 Å². The summed E-state index contributed by atoms with van der Waals surface area (Å²) in [6, 6.07) is 11.8. The Morgan fingerprint density at radius 3 is 2.21 bits per heavy atom. The van der Waals surface area contributed by atoms with Crippen LogP contribution in [0.4, 0.5) is 30.8 Å². The number of ether oxygens (including phenoxy) is 1. The lowest BCUT2D eigenvalue weighted by molar-refractivity contribution is -0.154. The number of hydrogen-bond donors (Lipinski definition) is 3. The van der Waals surface area contributed by atoms with E-state index in [4.69, 9.17) is 16.3 Å². The Bertz CT molecular complexity index is 1450. The van der Waals surface area contributed by atoms with Crippen LogP contribution in [0.15, 0.2) is 53.4 Å². The summed E-state index contributed by atoms with van der Waals surface area (Å²) in [6.45, 7) is 1.51. The normalized spacial score (nSPS) is 14.5. The second-order valence-corrected chi connectivity index (χ2v) is 11.3. The van der Waals surface area contributed by atoms with Crippen molar-refractivity contribution in [2.24, 2.45) is 5.92 Å². The van der Waals surface area contributed by atoms with Crippen LogP contribution in [0.25, 0.3) is 0 Å². The number of aromatic nitrogens is 3. The van der Waals surface area contributed by atoms with E-state index < -0.39 is 46.2 Å². The van der Waals surface area contributed by atoms with E-state index in [1.54, 1.807) is 26.0 Å². The molecule has 0 unspecified atom stereocenters. The SMILES string of the molecule is CC(C)C(=O)NS(=O)(=O)c1ccc(Nc2nc(NC3(c4ccc(Cl)cc4)CC3)nc(OCC(F)(F)F)n2)cc1. The van der Waals surface area contributed by atoms with Crippen molar-refractivity contribution in [3.63, 3.8) is 0 Å². The smallest absolute Gasteiger partial charge is 0.422 e. The van der Waals surface area contributed by atoms with Gasteiger partial charge in [0, 0.05) is 16.6 Å². The average Bonchev–Trinajstić information content (AvgIpc) is 3.63. The first-order valence-electron chi connectivity index (χ1n) is 11.7. The molecule has 0 spiro atoms. The monoisotopic (exact) mass is 584 g/mol. The topological polar surface area (TPSA) is 135 Å². The summed E-state index contributed by atoms with van der Waals surface area (Å²) < 4.78 is 69.9. The largest absolute Gasteiger partial charge is 0.454 e. The molecule has 208 valence electrons. The predicted molar refractivity (Wildman–Crippen MR) is 137 cm³/mol. The number of rotatable bonds is 10. The summed E-state index contributed by atoms with van der Waals surface area (Å²) in [5.41, 5.74) is 0.698. The highest BCUT2D eigenvalue weighted by atomic mass is 35.5. The molecule has 0 saturated heterocycles. The fourth-order valence-electron chi connectivity index (χ4n) is 3.43. The van der Waals surface area contributed by atoms with Crippen LogP contribution in [-0.4, -0.2) is 42.1 Å². The van der Waals surface area contributed by atoms with Crippen LogP contribution in [0.5, 0.6) is 6.01 Å². The number of nitrogens with zero attached hydrogens (tertiary/aromatic N) is 3. The fourth-order valence-corrected chi connectivity index (χ4v) is 4.67. The molecule has 1 saturated carbocycles. The molecule has 0 atom stereocenters. The summed E-state index contributed by atoms with van der Waals surface area (Å²) in [5, 5.41) is 6.53. The van der Waals surface area contributed by atoms with Crippen molar-refractivity contribution in [2.45, 2.75) is 43.3 Å². The molecule has 2 aromatic carbocycles. The van der Waals surface area contributed by atoms with Crippen molar-refractivity contribution in [1.82, 2.24) is 19.7 Å². The zero-order chi connectivity index (χ0) is 28.4. The third-order valence-electron chi connectivity index (χ3n) is 5.66. The number of carbonyl (C=O) groups excluding carboxylic acids is 1. The second-order valence-electron chi connectivity index (χ2n) is 9.16. The van der Waals surface area contributed by atoms with Crippen molar-refractivity contribution in [2.75, 3.05) is 17.2 Å². The van der Waals surface area contributed by atoms with Gasteiger partial charge in [-0.3, -0.25) is 4.79 Å².